The number of hydrogen-bond acceptors (Lipinski definition) is 6. The molecule has 1 aliphatic carbocycles. The molecule has 3 heterocycles. The van der Waals surface area contributed by atoms with E-state index < -0.39 is 14.9 Å². The Labute approximate surface area is 320 Å². The molecular formula is C44H52N5O4S+. The van der Waals surface area contributed by atoms with Gasteiger partial charge in [-0.05, 0) is 87.9 Å². The largest absolute Gasteiger partial charge is 0.368 e. The molecule has 54 heavy (non-hydrogen) atoms. The van der Waals surface area contributed by atoms with Crippen molar-refractivity contribution in [3.8, 4) is 0 Å². The Balaban J connectivity index is 1.26. The van der Waals surface area contributed by atoms with Crippen LogP contribution >= 0.6 is 0 Å². The first-order chi connectivity index (χ1) is 25.8. The van der Waals surface area contributed by atoms with Crippen LogP contribution in [0.5, 0.6) is 0 Å². The molecule has 0 atom stereocenters. The summed E-state index contributed by atoms with van der Waals surface area (Å²) in [6.07, 6.45) is 12.2. The molecule has 7 rings (SSSR count). The monoisotopic (exact) mass is 746 g/mol. The zero-order chi connectivity index (χ0) is 38.4. The van der Waals surface area contributed by atoms with Gasteiger partial charge in [-0.3, -0.25) is 10.1 Å². The maximum atomic E-state index is 13.7. The second-order valence-corrected chi connectivity index (χ2v) is 17.5. The Bertz CT molecular complexity index is 2240. The van der Waals surface area contributed by atoms with Crippen LogP contribution in [-0.4, -0.2) is 72.1 Å². The van der Waals surface area contributed by atoms with Crippen LogP contribution in [0.3, 0.4) is 0 Å². The van der Waals surface area contributed by atoms with Gasteiger partial charge in [-0.15, -0.1) is 0 Å². The number of piperazine rings is 1. The summed E-state index contributed by atoms with van der Waals surface area (Å²) in [5.74, 6) is 0. The van der Waals surface area contributed by atoms with E-state index in [4.69, 9.17) is 0 Å². The first-order valence-electron chi connectivity index (χ1n) is 19.2. The Kier molecular flexibility index (Phi) is 10.0. The number of sulfonamides is 1. The fraction of sp³-hybridized carbons (Fsp3) is 0.386. The molecule has 3 aromatic carbocycles. The minimum Gasteiger partial charge on any atom is -0.368 e. The molecule has 1 saturated heterocycles. The standard InChI is InChI=1S/C44H52N5O4S/c1-7-47-38-18-11-9-16-36(38)43(3,4)40(47)26-20-32-14-13-15-33(21-27-41-44(5,6)37-17-10-12-19-39(37)48(41)8-2)42(32)45-28-30-46(31-29-45)54(52,53)35-24-22-34(23-25-35)49(50)51/h9-12,16-27H,7-8,13-15,28-31H2,1-6H3/q+1. The summed E-state index contributed by atoms with van der Waals surface area (Å²) in [5.41, 5.74) is 11.1. The molecule has 0 saturated carbocycles. The zero-order valence-corrected chi connectivity index (χ0v) is 33.2. The van der Waals surface area contributed by atoms with Gasteiger partial charge in [0.15, 0.2) is 5.71 Å². The maximum absolute atomic E-state index is 13.7. The highest BCUT2D eigenvalue weighted by Gasteiger charge is 2.44. The van der Waals surface area contributed by atoms with Crippen LogP contribution in [-0.2, 0) is 20.9 Å². The van der Waals surface area contributed by atoms with Gasteiger partial charge in [-0.1, -0.05) is 62.4 Å². The SMILES string of the molecule is CCN1/C(=C/C=C2\CCCC(/C=C/C3=[N+](CC)c4ccccc4C3(C)C)=C2N2CCN(S(=O)(=O)c3ccc([N+](=O)[O-])cc3)CC2)C(C)(C)c2ccccc21. The van der Waals surface area contributed by atoms with Gasteiger partial charge in [0, 0.05) is 85.1 Å². The van der Waals surface area contributed by atoms with Crippen molar-refractivity contribution in [2.75, 3.05) is 44.2 Å². The van der Waals surface area contributed by atoms with E-state index in [0.29, 0.717) is 26.2 Å². The first kappa shape index (κ1) is 37.5. The summed E-state index contributed by atoms with van der Waals surface area (Å²) < 4.78 is 31.3. The number of non-ortho nitro benzene ring substituents is 1. The Morgan fingerprint density at radius 3 is 2.15 bits per heavy atom. The Hall–Kier alpha value is -4.80. The minimum absolute atomic E-state index is 0.0765. The highest BCUT2D eigenvalue weighted by Crippen LogP contribution is 2.48. The number of rotatable bonds is 9. The number of benzene rings is 3. The third-order valence-electron chi connectivity index (χ3n) is 11.9. The van der Waals surface area contributed by atoms with Crippen LogP contribution in [0, 0.1) is 10.1 Å². The summed E-state index contributed by atoms with van der Waals surface area (Å²) in [4.78, 5) is 15.6. The fourth-order valence-electron chi connectivity index (χ4n) is 9.01. The molecule has 9 nitrogen and oxygen atoms in total. The van der Waals surface area contributed by atoms with Gasteiger partial charge >= 0.3 is 0 Å². The van der Waals surface area contributed by atoms with Gasteiger partial charge in [-0.25, -0.2) is 8.42 Å². The molecular weight excluding hydrogens is 695 g/mol. The number of nitro groups is 1. The zero-order valence-electron chi connectivity index (χ0n) is 32.4. The molecule has 0 bridgehead atoms. The smallest absolute Gasteiger partial charge is 0.269 e. The van der Waals surface area contributed by atoms with Crippen molar-refractivity contribution in [3.05, 3.63) is 141 Å². The lowest BCUT2D eigenvalue weighted by Crippen LogP contribution is -2.48. The number of likely N-dealkylation sites (N-methyl/N-ethyl adjacent to an activating group) is 1. The number of allylic oxidation sites excluding steroid dienone is 7. The van der Waals surface area contributed by atoms with E-state index >= 15 is 0 Å². The summed E-state index contributed by atoms with van der Waals surface area (Å²) in [5, 5.41) is 11.2. The van der Waals surface area contributed by atoms with Crippen molar-refractivity contribution in [2.45, 2.75) is 76.5 Å². The molecule has 1 fully saturated rings. The molecule has 0 unspecified atom stereocenters. The van der Waals surface area contributed by atoms with Gasteiger partial charge in [0.2, 0.25) is 15.7 Å². The second kappa shape index (κ2) is 14.5. The molecule has 0 radical (unpaired) electrons. The lowest BCUT2D eigenvalue weighted by atomic mass is 9.81. The van der Waals surface area contributed by atoms with Gasteiger partial charge in [0.1, 0.15) is 6.54 Å². The number of nitro benzene ring substituents is 1. The summed E-state index contributed by atoms with van der Waals surface area (Å²) in [6, 6.07) is 22.6. The quantitative estimate of drug-likeness (QED) is 0.124. The first-order valence-corrected chi connectivity index (χ1v) is 20.7. The predicted molar refractivity (Wildman–Crippen MR) is 217 cm³/mol. The molecule has 10 heteroatoms. The van der Waals surface area contributed by atoms with Gasteiger partial charge in [-0.2, -0.15) is 8.88 Å². The van der Waals surface area contributed by atoms with Crippen LogP contribution < -0.4 is 4.90 Å². The predicted octanol–water partition coefficient (Wildman–Crippen LogP) is 8.62. The van der Waals surface area contributed by atoms with Crippen LogP contribution in [0.1, 0.15) is 71.9 Å². The molecule has 0 spiro atoms. The summed E-state index contributed by atoms with van der Waals surface area (Å²) in [6.45, 7) is 17.1. The molecule has 0 amide bonds. The van der Waals surface area contributed by atoms with Gasteiger partial charge in [0.25, 0.3) is 5.69 Å². The van der Waals surface area contributed by atoms with Crippen LogP contribution in [0.15, 0.2) is 125 Å². The summed E-state index contributed by atoms with van der Waals surface area (Å²) in [7, 11) is -3.81. The average molecular weight is 747 g/mol. The Morgan fingerprint density at radius 2 is 1.48 bits per heavy atom. The second-order valence-electron chi connectivity index (χ2n) is 15.6. The van der Waals surface area contributed by atoms with Crippen LogP contribution in [0.25, 0.3) is 0 Å². The molecule has 3 aromatic rings. The van der Waals surface area contributed by atoms with E-state index in [1.54, 1.807) is 0 Å². The van der Waals surface area contributed by atoms with Crippen molar-refractivity contribution in [2.24, 2.45) is 0 Å². The third-order valence-corrected chi connectivity index (χ3v) is 13.8. The highest BCUT2D eigenvalue weighted by atomic mass is 32.2. The maximum Gasteiger partial charge on any atom is 0.269 e. The fourth-order valence-corrected chi connectivity index (χ4v) is 10.4. The van der Waals surface area contributed by atoms with Gasteiger partial charge < -0.3 is 9.80 Å². The number of nitrogens with zero attached hydrogens (tertiary/aromatic N) is 5. The topological polar surface area (TPSA) is 90.0 Å². The highest BCUT2D eigenvalue weighted by molar-refractivity contribution is 7.89. The minimum atomic E-state index is -3.81. The summed E-state index contributed by atoms with van der Waals surface area (Å²) >= 11 is 0. The van der Waals surface area contributed by atoms with Gasteiger partial charge in [0.05, 0.1) is 15.2 Å². The number of anilines is 1. The van der Waals surface area contributed by atoms with E-state index in [1.165, 1.54) is 79.3 Å². The van der Waals surface area contributed by atoms with E-state index in [1.807, 2.05) is 0 Å². The van der Waals surface area contributed by atoms with Crippen molar-refractivity contribution in [3.63, 3.8) is 0 Å². The lowest BCUT2D eigenvalue weighted by molar-refractivity contribution is -0.433. The lowest BCUT2D eigenvalue weighted by Gasteiger charge is -2.39. The van der Waals surface area contributed by atoms with Crippen molar-refractivity contribution < 1.29 is 17.9 Å². The van der Waals surface area contributed by atoms with Crippen LogP contribution in [0.4, 0.5) is 17.1 Å². The molecule has 0 aromatic heterocycles. The molecule has 0 N–H and O–H groups in total. The van der Waals surface area contributed by atoms with Crippen molar-refractivity contribution in [1.82, 2.24) is 9.21 Å². The number of hydrogen-bond donors (Lipinski definition) is 0. The van der Waals surface area contributed by atoms with Crippen molar-refractivity contribution >= 4 is 32.8 Å². The molecule has 282 valence electrons. The normalized spacial score (nSPS) is 21.4. The van der Waals surface area contributed by atoms with E-state index in [2.05, 4.69) is 129 Å². The number of para-hydroxylation sites is 2. The number of fused-ring (bicyclic) bond motifs is 2. The van der Waals surface area contributed by atoms with E-state index in [9.17, 15) is 18.5 Å². The van der Waals surface area contributed by atoms with E-state index in [-0.39, 0.29) is 21.4 Å². The molecule has 4 aliphatic rings. The Morgan fingerprint density at radius 1 is 0.815 bits per heavy atom. The van der Waals surface area contributed by atoms with E-state index in [0.717, 1.165) is 32.4 Å². The van der Waals surface area contributed by atoms with Crippen molar-refractivity contribution in [1.29, 1.82) is 0 Å². The molecule has 3 aliphatic heterocycles. The van der Waals surface area contributed by atoms with Crippen LogP contribution in [0.2, 0.25) is 0 Å². The third kappa shape index (κ3) is 6.43. The average Bonchev–Trinajstić information content (AvgIpc) is 3.54.